The molecule has 0 saturated heterocycles. The summed E-state index contributed by atoms with van der Waals surface area (Å²) in [5.41, 5.74) is 2.82. The molecule has 0 amide bonds. The standard InChI is InChI=1S/C14H19FN4S/c1-19-8-7-17-14(19)6-5-12(18-16)10-20-13-4-2-3-11(15)9-13/h2-4,7-9,12,18H,5-6,10,16H2,1H3. The first-order chi connectivity index (χ1) is 9.69. The molecule has 0 aliphatic rings. The molecule has 0 radical (unpaired) electrons. The molecule has 2 rings (SSSR count). The largest absolute Gasteiger partial charge is 0.338 e. The van der Waals surface area contributed by atoms with Gasteiger partial charge >= 0.3 is 0 Å². The Morgan fingerprint density at radius 1 is 1.50 bits per heavy atom. The van der Waals surface area contributed by atoms with Gasteiger partial charge in [-0.2, -0.15) is 0 Å². The fourth-order valence-electron chi connectivity index (χ4n) is 1.91. The summed E-state index contributed by atoms with van der Waals surface area (Å²) in [5, 5.41) is 0. The first-order valence-electron chi connectivity index (χ1n) is 6.49. The van der Waals surface area contributed by atoms with E-state index in [9.17, 15) is 4.39 Å². The summed E-state index contributed by atoms with van der Waals surface area (Å²) >= 11 is 1.60. The molecule has 0 fully saturated rings. The summed E-state index contributed by atoms with van der Waals surface area (Å²) < 4.78 is 15.1. The molecule has 0 spiro atoms. The summed E-state index contributed by atoms with van der Waals surface area (Å²) in [6.07, 6.45) is 5.48. The molecule has 1 heterocycles. The summed E-state index contributed by atoms with van der Waals surface area (Å²) in [4.78, 5) is 5.21. The van der Waals surface area contributed by atoms with Crippen LogP contribution >= 0.6 is 11.8 Å². The molecule has 1 aromatic carbocycles. The second-order valence-corrected chi connectivity index (χ2v) is 5.72. The minimum absolute atomic E-state index is 0.167. The Balaban J connectivity index is 1.82. The van der Waals surface area contributed by atoms with Gasteiger partial charge in [-0.1, -0.05) is 6.07 Å². The van der Waals surface area contributed by atoms with E-state index in [0.717, 1.165) is 29.3 Å². The fourth-order valence-corrected chi connectivity index (χ4v) is 2.94. The third-order valence-corrected chi connectivity index (χ3v) is 4.28. The van der Waals surface area contributed by atoms with Crippen molar-refractivity contribution in [3.8, 4) is 0 Å². The van der Waals surface area contributed by atoms with E-state index in [2.05, 4.69) is 10.4 Å². The molecule has 0 aliphatic carbocycles. The van der Waals surface area contributed by atoms with Crippen LogP contribution in [0.4, 0.5) is 4.39 Å². The Labute approximate surface area is 122 Å². The fraction of sp³-hybridized carbons (Fsp3) is 0.357. The van der Waals surface area contributed by atoms with Gasteiger partial charge in [0.2, 0.25) is 0 Å². The normalized spacial score (nSPS) is 12.6. The maximum Gasteiger partial charge on any atom is 0.124 e. The number of benzene rings is 1. The van der Waals surface area contributed by atoms with Crippen LogP contribution in [0.2, 0.25) is 0 Å². The van der Waals surface area contributed by atoms with E-state index in [-0.39, 0.29) is 11.9 Å². The molecule has 4 nitrogen and oxygen atoms in total. The second-order valence-electron chi connectivity index (χ2n) is 4.63. The monoisotopic (exact) mass is 294 g/mol. The molecule has 0 aliphatic heterocycles. The molecule has 20 heavy (non-hydrogen) atoms. The Bertz CT molecular complexity index is 543. The third-order valence-electron chi connectivity index (χ3n) is 3.12. The summed E-state index contributed by atoms with van der Waals surface area (Å²) in [6.45, 7) is 0. The zero-order valence-corrected chi connectivity index (χ0v) is 12.2. The maximum absolute atomic E-state index is 13.1. The molecule has 1 atom stereocenters. The number of aromatic nitrogens is 2. The van der Waals surface area contributed by atoms with Crippen molar-refractivity contribution < 1.29 is 4.39 Å². The molecule has 0 bridgehead atoms. The van der Waals surface area contributed by atoms with Crippen molar-refractivity contribution in [2.75, 3.05) is 5.75 Å². The van der Waals surface area contributed by atoms with Crippen LogP contribution in [0.25, 0.3) is 0 Å². The third kappa shape index (κ3) is 4.33. The van der Waals surface area contributed by atoms with Crippen molar-refractivity contribution in [3.63, 3.8) is 0 Å². The van der Waals surface area contributed by atoms with E-state index in [0.29, 0.717) is 0 Å². The predicted molar refractivity (Wildman–Crippen MR) is 79.8 cm³/mol. The Morgan fingerprint density at radius 3 is 3.00 bits per heavy atom. The van der Waals surface area contributed by atoms with E-state index in [1.165, 1.54) is 12.1 Å². The number of hydrogen-bond donors (Lipinski definition) is 2. The highest BCUT2D eigenvalue weighted by Crippen LogP contribution is 2.20. The van der Waals surface area contributed by atoms with Gasteiger partial charge in [-0.25, -0.2) is 9.37 Å². The average Bonchev–Trinajstić information content (AvgIpc) is 2.85. The van der Waals surface area contributed by atoms with Crippen molar-refractivity contribution in [2.45, 2.75) is 23.8 Å². The van der Waals surface area contributed by atoms with Gasteiger partial charge in [0.1, 0.15) is 11.6 Å². The topological polar surface area (TPSA) is 55.9 Å². The quantitative estimate of drug-likeness (QED) is 0.466. The maximum atomic E-state index is 13.1. The second kappa shape index (κ2) is 7.42. The Hall–Kier alpha value is -1.37. The van der Waals surface area contributed by atoms with Crippen LogP contribution in [-0.2, 0) is 13.5 Å². The van der Waals surface area contributed by atoms with Crippen LogP contribution in [0.15, 0.2) is 41.6 Å². The van der Waals surface area contributed by atoms with Gasteiger partial charge in [0, 0.05) is 42.6 Å². The number of hydrogen-bond acceptors (Lipinski definition) is 4. The van der Waals surface area contributed by atoms with Gasteiger partial charge in [-0.15, -0.1) is 11.8 Å². The lowest BCUT2D eigenvalue weighted by Gasteiger charge is -2.15. The molecular formula is C14H19FN4S. The molecule has 0 saturated carbocycles. The number of nitrogens with one attached hydrogen (secondary N) is 1. The lowest BCUT2D eigenvalue weighted by molar-refractivity contribution is 0.528. The first kappa shape index (κ1) is 15.0. The summed E-state index contributed by atoms with van der Waals surface area (Å²) in [7, 11) is 1.98. The number of nitrogens with two attached hydrogens (primary N) is 1. The highest BCUT2D eigenvalue weighted by atomic mass is 32.2. The van der Waals surface area contributed by atoms with E-state index >= 15 is 0 Å². The average molecular weight is 294 g/mol. The SMILES string of the molecule is Cn1ccnc1CCC(CSc1cccc(F)c1)NN. The van der Waals surface area contributed by atoms with Gasteiger partial charge in [-0.05, 0) is 24.6 Å². The Kier molecular flexibility index (Phi) is 5.58. The lowest BCUT2D eigenvalue weighted by atomic mass is 10.2. The number of halogens is 1. The van der Waals surface area contributed by atoms with E-state index in [1.54, 1.807) is 24.0 Å². The number of thioether (sulfide) groups is 1. The number of aryl methyl sites for hydroxylation is 2. The van der Waals surface area contributed by atoms with Crippen LogP contribution in [0.1, 0.15) is 12.2 Å². The van der Waals surface area contributed by atoms with Crippen LogP contribution < -0.4 is 11.3 Å². The number of imidazole rings is 1. The number of hydrazine groups is 1. The van der Waals surface area contributed by atoms with Crippen LogP contribution in [0, 0.1) is 5.82 Å². The number of rotatable bonds is 7. The van der Waals surface area contributed by atoms with Crippen LogP contribution in [0.5, 0.6) is 0 Å². The van der Waals surface area contributed by atoms with E-state index < -0.39 is 0 Å². The van der Waals surface area contributed by atoms with Gasteiger partial charge in [-0.3, -0.25) is 11.3 Å². The molecule has 3 N–H and O–H groups in total. The summed E-state index contributed by atoms with van der Waals surface area (Å²) in [6, 6.07) is 6.78. The van der Waals surface area contributed by atoms with Crippen LogP contribution in [0.3, 0.4) is 0 Å². The highest BCUT2D eigenvalue weighted by Gasteiger charge is 2.09. The zero-order valence-electron chi connectivity index (χ0n) is 11.4. The minimum Gasteiger partial charge on any atom is -0.338 e. The summed E-state index contributed by atoms with van der Waals surface area (Å²) in [5.74, 6) is 7.21. The van der Waals surface area contributed by atoms with Gasteiger partial charge in [0.05, 0.1) is 0 Å². The molecule has 108 valence electrons. The molecular weight excluding hydrogens is 275 g/mol. The first-order valence-corrected chi connectivity index (χ1v) is 7.48. The van der Waals surface area contributed by atoms with Crippen molar-refractivity contribution >= 4 is 11.8 Å². The smallest absolute Gasteiger partial charge is 0.124 e. The number of nitrogens with zero attached hydrogens (tertiary/aromatic N) is 2. The molecule has 1 aromatic heterocycles. The van der Waals surface area contributed by atoms with E-state index in [4.69, 9.17) is 5.84 Å². The lowest BCUT2D eigenvalue weighted by Crippen LogP contribution is -2.37. The van der Waals surface area contributed by atoms with Crippen LogP contribution in [-0.4, -0.2) is 21.3 Å². The highest BCUT2D eigenvalue weighted by molar-refractivity contribution is 7.99. The van der Waals surface area contributed by atoms with Crippen molar-refractivity contribution in [1.82, 2.24) is 15.0 Å². The van der Waals surface area contributed by atoms with Crippen molar-refractivity contribution in [1.29, 1.82) is 0 Å². The molecule has 6 heteroatoms. The predicted octanol–water partition coefficient (Wildman–Crippen LogP) is 2.12. The minimum atomic E-state index is -0.208. The van der Waals surface area contributed by atoms with Gasteiger partial charge < -0.3 is 4.57 Å². The molecule has 2 aromatic rings. The Morgan fingerprint density at radius 2 is 2.35 bits per heavy atom. The van der Waals surface area contributed by atoms with Crippen molar-refractivity contribution in [2.24, 2.45) is 12.9 Å². The van der Waals surface area contributed by atoms with Gasteiger partial charge in [0.15, 0.2) is 0 Å². The zero-order chi connectivity index (χ0) is 14.4. The van der Waals surface area contributed by atoms with Crippen molar-refractivity contribution in [3.05, 3.63) is 48.3 Å². The van der Waals surface area contributed by atoms with Gasteiger partial charge in [0.25, 0.3) is 0 Å². The molecule has 1 unspecified atom stereocenters. The van der Waals surface area contributed by atoms with E-state index in [1.807, 2.05) is 23.9 Å².